The van der Waals surface area contributed by atoms with Crippen molar-refractivity contribution in [2.24, 2.45) is 5.92 Å². The zero-order valence-electron chi connectivity index (χ0n) is 20.5. The molecule has 0 saturated carbocycles. The molecule has 35 heavy (non-hydrogen) atoms. The third-order valence-electron chi connectivity index (χ3n) is 6.57. The molecule has 186 valence electrons. The molecule has 3 N–H and O–H groups in total. The van der Waals surface area contributed by atoms with Crippen molar-refractivity contribution in [1.82, 2.24) is 19.4 Å². The van der Waals surface area contributed by atoms with Gasteiger partial charge in [-0.3, -0.25) is 14.5 Å². The molecule has 0 radical (unpaired) electrons. The van der Waals surface area contributed by atoms with Crippen molar-refractivity contribution in [3.8, 4) is 0 Å². The summed E-state index contributed by atoms with van der Waals surface area (Å²) in [6.45, 7) is 5.90. The number of unbranched alkanes of at least 4 members (excludes halogenated alkanes) is 1. The fourth-order valence-electron chi connectivity index (χ4n) is 4.53. The Balaban J connectivity index is 1.44. The number of piperidine rings is 1. The van der Waals surface area contributed by atoms with Gasteiger partial charge in [-0.05, 0) is 49.5 Å². The number of nitrogens with zero attached hydrogens (tertiary/aromatic N) is 4. The first kappa shape index (κ1) is 24.7. The van der Waals surface area contributed by atoms with E-state index in [0.29, 0.717) is 23.3 Å². The number of nitrogens with one attached hydrogen (secondary N) is 1. The van der Waals surface area contributed by atoms with Gasteiger partial charge in [-0.1, -0.05) is 37.6 Å². The van der Waals surface area contributed by atoms with Crippen molar-refractivity contribution in [1.29, 1.82) is 0 Å². The summed E-state index contributed by atoms with van der Waals surface area (Å²) in [5, 5.41) is 3.71. The van der Waals surface area contributed by atoms with Crippen LogP contribution in [0.4, 0.5) is 11.8 Å². The van der Waals surface area contributed by atoms with Crippen LogP contribution in [0, 0.1) is 5.92 Å². The first-order valence-corrected chi connectivity index (χ1v) is 12.3. The number of pyridine rings is 1. The van der Waals surface area contributed by atoms with E-state index in [1.165, 1.54) is 12.7 Å². The van der Waals surface area contributed by atoms with Crippen LogP contribution in [0.3, 0.4) is 0 Å². The minimum absolute atomic E-state index is 0.0168. The van der Waals surface area contributed by atoms with Gasteiger partial charge >= 0.3 is 5.97 Å². The van der Waals surface area contributed by atoms with Gasteiger partial charge in [0.05, 0.1) is 25.1 Å². The van der Waals surface area contributed by atoms with Crippen LogP contribution in [0.1, 0.15) is 43.7 Å². The lowest BCUT2D eigenvalue weighted by atomic mass is 9.96. The van der Waals surface area contributed by atoms with E-state index in [2.05, 4.69) is 51.4 Å². The van der Waals surface area contributed by atoms with E-state index >= 15 is 0 Å². The number of likely N-dealkylation sites (tertiary alicyclic amines) is 1. The van der Waals surface area contributed by atoms with Crippen molar-refractivity contribution in [3.05, 3.63) is 58.0 Å². The summed E-state index contributed by atoms with van der Waals surface area (Å²) in [4.78, 5) is 35.9. The van der Waals surface area contributed by atoms with Crippen LogP contribution in [-0.2, 0) is 22.6 Å². The van der Waals surface area contributed by atoms with Gasteiger partial charge < -0.3 is 20.4 Å². The van der Waals surface area contributed by atoms with Crippen molar-refractivity contribution < 1.29 is 9.53 Å². The van der Waals surface area contributed by atoms with Crippen LogP contribution in [0.2, 0.25) is 0 Å². The highest BCUT2D eigenvalue weighted by molar-refractivity contribution is 5.89. The quantitative estimate of drug-likeness (QED) is 0.356. The summed E-state index contributed by atoms with van der Waals surface area (Å²) in [5.74, 6) is 0.560. The maximum atomic E-state index is 13.3. The summed E-state index contributed by atoms with van der Waals surface area (Å²) < 4.78 is 6.55. The number of methoxy groups -OCH3 is 1. The molecule has 9 nitrogen and oxygen atoms in total. The standard InChI is InChI=1S/C26H34N6O3/c1-3-4-12-28-23-22-21(29-26(27)30-23)11-15-32(24(22)33)17-19-7-5-18(6-8-19)16-31-13-9-20(10-14-31)25(34)35-2/h5-8,11,15,20H,3-4,9-10,12-14,16-17H2,1-2H3,(H3,27,28,29,30). The van der Waals surface area contributed by atoms with E-state index < -0.39 is 0 Å². The molecule has 0 spiro atoms. The number of benzene rings is 1. The van der Waals surface area contributed by atoms with Crippen LogP contribution >= 0.6 is 0 Å². The average molecular weight is 479 g/mol. The lowest BCUT2D eigenvalue weighted by Gasteiger charge is -2.30. The number of nitrogens with two attached hydrogens (primary N) is 1. The van der Waals surface area contributed by atoms with E-state index in [1.807, 2.05) is 6.07 Å². The second-order valence-electron chi connectivity index (χ2n) is 9.11. The van der Waals surface area contributed by atoms with Crippen LogP contribution in [-0.4, -0.2) is 52.1 Å². The van der Waals surface area contributed by atoms with Gasteiger partial charge in [0.25, 0.3) is 5.56 Å². The summed E-state index contributed by atoms with van der Waals surface area (Å²) in [7, 11) is 1.45. The molecular weight excluding hydrogens is 444 g/mol. The number of fused-ring (bicyclic) bond motifs is 1. The minimum Gasteiger partial charge on any atom is -0.469 e. The van der Waals surface area contributed by atoms with Crippen molar-refractivity contribution in [2.45, 2.75) is 45.7 Å². The Morgan fingerprint density at radius 2 is 1.80 bits per heavy atom. The largest absolute Gasteiger partial charge is 0.469 e. The Kier molecular flexibility index (Phi) is 7.97. The molecule has 1 fully saturated rings. The molecule has 3 aromatic rings. The molecule has 0 aliphatic carbocycles. The smallest absolute Gasteiger partial charge is 0.308 e. The van der Waals surface area contributed by atoms with Gasteiger partial charge in [-0.25, -0.2) is 4.98 Å². The molecule has 1 aromatic carbocycles. The summed E-state index contributed by atoms with van der Waals surface area (Å²) in [5.41, 5.74) is 8.51. The van der Waals surface area contributed by atoms with E-state index in [-0.39, 0.29) is 23.4 Å². The predicted octanol–water partition coefficient (Wildman–Crippen LogP) is 3.02. The zero-order chi connectivity index (χ0) is 24.8. The monoisotopic (exact) mass is 478 g/mol. The third kappa shape index (κ3) is 5.97. The highest BCUT2D eigenvalue weighted by Gasteiger charge is 2.25. The highest BCUT2D eigenvalue weighted by atomic mass is 16.5. The van der Waals surface area contributed by atoms with Gasteiger partial charge in [0.15, 0.2) is 0 Å². The van der Waals surface area contributed by atoms with E-state index in [4.69, 9.17) is 10.5 Å². The van der Waals surface area contributed by atoms with Crippen LogP contribution < -0.4 is 16.6 Å². The van der Waals surface area contributed by atoms with Crippen LogP contribution in [0.15, 0.2) is 41.3 Å². The Hall–Kier alpha value is -3.46. The van der Waals surface area contributed by atoms with Gasteiger partial charge in [-0.15, -0.1) is 0 Å². The van der Waals surface area contributed by atoms with Gasteiger partial charge in [0, 0.05) is 19.3 Å². The maximum Gasteiger partial charge on any atom is 0.308 e. The molecule has 1 aliphatic rings. The number of hydrogen-bond acceptors (Lipinski definition) is 8. The molecule has 0 atom stereocenters. The molecule has 0 unspecified atom stereocenters. The molecule has 4 rings (SSSR count). The molecular formula is C26H34N6O3. The van der Waals surface area contributed by atoms with Crippen molar-refractivity contribution in [2.75, 3.05) is 37.8 Å². The first-order chi connectivity index (χ1) is 17.0. The normalized spacial score (nSPS) is 14.8. The van der Waals surface area contributed by atoms with Crippen molar-refractivity contribution >= 4 is 28.6 Å². The topological polar surface area (TPSA) is 115 Å². The number of aromatic nitrogens is 3. The van der Waals surface area contributed by atoms with Crippen molar-refractivity contribution in [3.63, 3.8) is 0 Å². The van der Waals surface area contributed by atoms with Gasteiger partial charge in [-0.2, -0.15) is 4.98 Å². The molecule has 2 aromatic heterocycles. The SMILES string of the molecule is CCCCNc1nc(N)nc2ccn(Cc3ccc(CN4CCC(C(=O)OC)CC4)cc3)c(=O)c12. The highest BCUT2D eigenvalue weighted by Crippen LogP contribution is 2.21. The number of esters is 1. The second-order valence-corrected chi connectivity index (χ2v) is 9.11. The number of carbonyl (C=O) groups is 1. The number of hydrogen-bond donors (Lipinski definition) is 2. The molecule has 3 heterocycles. The first-order valence-electron chi connectivity index (χ1n) is 12.3. The molecule has 1 aliphatic heterocycles. The molecule has 0 bridgehead atoms. The zero-order valence-corrected chi connectivity index (χ0v) is 20.5. The summed E-state index contributed by atoms with van der Waals surface area (Å²) in [6, 6.07) is 10.1. The Morgan fingerprint density at radius 1 is 1.11 bits per heavy atom. The lowest BCUT2D eigenvalue weighted by molar-refractivity contribution is -0.147. The third-order valence-corrected chi connectivity index (χ3v) is 6.57. The molecule has 9 heteroatoms. The summed E-state index contributed by atoms with van der Waals surface area (Å²) in [6.07, 6.45) is 5.44. The Bertz CT molecular complexity index is 1220. The fourth-order valence-corrected chi connectivity index (χ4v) is 4.53. The predicted molar refractivity (Wildman–Crippen MR) is 137 cm³/mol. The van der Waals surface area contributed by atoms with E-state index in [1.54, 1.807) is 10.8 Å². The maximum absolute atomic E-state index is 13.3. The average Bonchev–Trinajstić information content (AvgIpc) is 2.86. The number of nitrogen functional groups attached to an aromatic ring is 1. The second kappa shape index (κ2) is 11.3. The molecule has 1 saturated heterocycles. The number of anilines is 2. The number of ether oxygens (including phenoxy) is 1. The van der Waals surface area contributed by atoms with Gasteiger partial charge in [0.1, 0.15) is 11.2 Å². The Morgan fingerprint density at radius 3 is 2.46 bits per heavy atom. The van der Waals surface area contributed by atoms with Crippen LogP contribution in [0.25, 0.3) is 10.9 Å². The lowest BCUT2D eigenvalue weighted by Crippen LogP contribution is -2.36. The van der Waals surface area contributed by atoms with Gasteiger partial charge in [0.2, 0.25) is 5.95 Å². The Labute approximate surface area is 205 Å². The number of carbonyl (C=O) groups excluding carboxylic acids is 1. The van der Waals surface area contributed by atoms with E-state index in [9.17, 15) is 9.59 Å². The minimum atomic E-state index is -0.140. The summed E-state index contributed by atoms with van der Waals surface area (Å²) >= 11 is 0. The number of rotatable bonds is 9. The van der Waals surface area contributed by atoms with Crippen LogP contribution in [0.5, 0.6) is 0 Å². The van der Waals surface area contributed by atoms with E-state index in [0.717, 1.165) is 57.4 Å². The molecule has 0 amide bonds. The fraction of sp³-hybridized carbons (Fsp3) is 0.462.